The number of hydrogen-bond acceptors (Lipinski definition) is 4. The summed E-state index contributed by atoms with van der Waals surface area (Å²) in [5, 5.41) is 1.05. The topological polar surface area (TPSA) is 33.2 Å². The lowest BCUT2D eigenvalue weighted by atomic mass is 10.1. The van der Waals surface area contributed by atoms with Gasteiger partial charge in [0.15, 0.2) is 11.4 Å². The standard InChI is InChI=1S/C14H22N2OS/c1-4-12-13(9-17)18-14(15-12)16(11-5-6-11)8-7-10(2)3/h9-11H,4-8H2,1-3H3. The van der Waals surface area contributed by atoms with Crippen molar-refractivity contribution < 1.29 is 4.79 Å². The zero-order chi connectivity index (χ0) is 13.1. The van der Waals surface area contributed by atoms with Gasteiger partial charge in [-0.05, 0) is 31.6 Å². The second-order valence-corrected chi connectivity index (χ2v) is 6.39. The van der Waals surface area contributed by atoms with Crippen LogP contribution in [-0.2, 0) is 6.42 Å². The molecule has 0 spiro atoms. The monoisotopic (exact) mass is 266 g/mol. The van der Waals surface area contributed by atoms with Crippen molar-refractivity contribution in [2.24, 2.45) is 5.92 Å². The quantitative estimate of drug-likeness (QED) is 0.708. The maximum absolute atomic E-state index is 11.0. The normalized spacial score (nSPS) is 15.1. The van der Waals surface area contributed by atoms with Crippen LogP contribution in [0.15, 0.2) is 0 Å². The third-order valence-electron chi connectivity index (χ3n) is 3.34. The molecule has 0 N–H and O–H groups in total. The highest BCUT2D eigenvalue weighted by atomic mass is 32.1. The number of carbonyl (C=O) groups is 1. The van der Waals surface area contributed by atoms with Crippen LogP contribution in [0.25, 0.3) is 0 Å². The molecule has 0 amide bonds. The average Bonchev–Trinajstić information content (AvgIpc) is 3.08. The van der Waals surface area contributed by atoms with Crippen molar-refractivity contribution in [3.63, 3.8) is 0 Å². The Balaban J connectivity index is 2.14. The average molecular weight is 266 g/mol. The van der Waals surface area contributed by atoms with Gasteiger partial charge in [0, 0.05) is 12.6 Å². The summed E-state index contributed by atoms with van der Waals surface area (Å²) in [4.78, 5) is 18.9. The first kappa shape index (κ1) is 13.5. The molecule has 0 radical (unpaired) electrons. The molecule has 18 heavy (non-hydrogen) atoms. The van der Waals surface area contributed by atoms with E-state index in [2.05, 4.69) is 30.7 Å². The van der Waals surface area contributed by atoms with Gasteiger partial charge in [0.1, 0.15) is 0 Å². The van der Waals surface area contributed by atoms with E-state index in [1.807, 2.05) is 0 Å². The smallest absolute Gasteiger partial charge is 0.186 e. The molecule has 100 valence electrons. The van der Waals surface area contributed by atoms with Gasteiger partial charge in [-0.1, -0.05) is 32.1 Å². The molecule has 2 rings (SSSR count). The van der Waals surface area contributed by atoms with Crippen LogP contribution in [-0.4, -0.2) is 23.9 Å². The van der Waals surface area contributed by atoms with Crippen molar-refractivity contribution >= 4 is 22.8 Å². The highest BCUT2D eigenvalue weighted by Gasteiger charge is 2.31. The summed E-state index contributed by atoms with van der Waals surface area (Å²) in [6.45, 7) is 7.63. The van der Waals surface area contributed by atoms with Crippen LogP contribution in [0, 0.1) is 5.92 Å². The second-order valence-electron chi connectivity index (χ2n) is 5.39. The number of nitrogens with zero attached hydrogens (tertiary/aromatic N) is 2. The minimum absolute atomic E-state index is 0.666. The molecule has 4 heteroatoms. The molecule has 1 aliphatic carbocycles. The Kier molecular flexibility index (Phi) is 4.38. The van der Waals surface area contributed by atoms with Gasteiger partial charge in [0.05, 0.1) is 10.6 Å². The first-order valence-electron chi connectivity index (χ1n) is 6.87. The molecular weight excluding hydrogens is 244 g/mol. The lowest BCUT2D eigenvalue weighted by Crippen LogP contribution is -2.27. The van der Waals surface area contributed by atoms with E-state index in [1.54, 1.807) is 11.3 Å². The van der Waals surface area contributed by atoms with E-state index in [1.165, 1.54) is 19.3 Å². The summed E-state index contributed by atoms with van der Waals surface area (Å²) in [6, 6.07) is 0.666. The fourth-order valence-corrected chi connectivity index (χ4v) is 3.10. The van der Waals surface area contributed by atoms with Gasteiger partial charge in [-0.15, -0.1) is 0 Å². The molecule has 0 aromatic carbocycles. The number of thiazole rings is 1. The van der Waals surface area contributed by atoms with Crippen molar-refractivity contribution in [3.05, 3.63) is 10.6 Å². The predicted molar refractivity (Wildman–Crippen MR) is 76.7 cm³/mol. The van der Waals surface area contributed by atoms with Gasteiger partial charge in [-0.3, -0.25) is 4.79 Å². The molecule has 0 atom stereocenters. The van der Waals surface area contributed by atoms with Crippen LogP contribution < -0.4 is 4.90 Å². The molecule has 0 unspecified atom stereocenters. The van der Waals surface area contributed by atoms with Crippen LogP contribution >= 0.6 is 11.3 Å². The fraction of sp³-hybridized carbons (Fsp3) is 0.714. The van der Waals surface area contributed by atoms with Crippen LogP contribution in [0.3, 0.4) is 0 Å². The van der Waals surface area contributed by atoms with Gasteiger partial charge in [0.25, 0.3) is 0 Å². The summed E-state index contributed by atoms with van der Waals surface area (Å²) in [6.07, 6.45) is 5.53. The summed E-state index contributed by atoms with van der Waals surface area (Å²) in [5.41, 5.74) is 0.959. The second kappa shape index (κ2) is 5.83. The number of aryl methyl sites for hydroxylation is 1. The first-order valence-corrected chi connectivity index (χ1v) is 7.68. The van der Waals surface area contributed by atoms with Gasteiger partial charge in [-0.25, -0.2) is 4.98 Å². The SMILES string of the molecule is CCc1nc(N(CCC(C)C)C2CC2)sc1C=O. The van der Waals surface area contributed by atoms with Crippen LogP contribution in [0.2, 0.25) is 0 Å². The Morgan fingerprint density at radius 2 is 2.22 bits per heavy atom. The Morgan fingerprint density at radius 1 is 1.50 bits per heavy atom. The minimum Gasteiger partial charge on any atom is -0.345 e. The number of hydrogen-bond donors (Lipinski definition) is 0. The Hall–Kier alpha value is -0.900. The number of carbonyl (C=O) groups excluding carboxylic acids is 1. The first-order chi connectivity index (χ1) is 8.65. The Labute approximate surface area is 113 Å². The van der Waals surface area contributed by atoms with E-state index in [-0.39, 0.29) is 0 Å². The van der Waals surface area contributed by atoms with Crippen molar-refractivity contribution in [2.75, 3.05) is 11.4 Å². The van der Waals surface area contributed by atoms with Crippen LogP contribution in [0.5, 0.6) is 0 Å². The molecule has 0 bridgehead atoms. The summed E-state index contributed by atoms with van der Waals surface area (Å²) >= 11 is 1.56. The molecule has 1 aromatic rings. The van der Waals surface area contributed by atoms with E-state index in [0.717, 1.165) is 35.0 Å². The van der Waals surface area contributed by atoms with Crippen molar-refractivity contribution in [1.82, 2.24) is 4.98 Å². The fourth-order valence-electron chi connectivity index (χ4n) is 2.04. The number of aromatic nitrogens is 1. The summed E-state index contributed by atoms with van der Waals surface area (Å²) in [5.74, 6) is 0.711. The summed E-state index contributed by atoms with van der Waals surface area (Å²) < 4.78 is 0. The molecule has 3 nitrogen and oxygen atoms in total. The predicted octanol–water partition coefficient (Wildman–Crippen LogP) is 3.53. The maximum Gasteiger partial charge on any atom is 0.186 e. The zero-order valence-electron chi connectivity index (χ0n) is 11.5. The highest BCUT2D eigenvalue weighted by molar-refractivity contribution is 7.17. The molecule has 1 aromatic heterocycles. The zero-order valence-corrected chi connectivity index (χ0v) is 12.3. The Morgan fingerprint density at radius 3 is 2.67 bits per heavy atom. The van der Waals surface area contributed by atoms with Crippen molar-refractivity contribution in [2.45, 2.75) is 52.5 Å². The number of aldehydes is 1. The van der Waals surface area contributed by atoms with Gasteiger partial charge in [-0.2, -0.15) is 0 Å². The maximum atomic E-state index is 11.0. The van der Waals surface area contributed by atoms with E-state index >= 15 is 0 Å². The Bertz CT molecular complexity index is 410. The number of rotatable bonds is 7. The minimum atomic E-state index is 0.666. The van der Waals surface area contributed by atoms with Crippen molar-refractivity contribution in [1.29, 1.82) is 0 Å². The number of anilines is 1. The third-order valence-corrected chi connectivity index (χ3v) is 4.40. The lowest BCUT2D eigenvalue weighted by molar-refractivity contribution is 0.112. The summed E-state index contributed by atoms with van der Waals surface area (Å²) in [7, 11) is 0. The van der Waals surface area contributed by atoms with E-state index < -0.39 is 0 Å². The molecule has 1 heterocycles. The highest BCUT2D eigenvalue weighted by Crippen LogP contribution is 2.35. The lowest BCUT2D eigenvalue weighted by Gasteiger charge is -2.22. The van der Waals surface area contributed by atoms with Crippen LogP contribution in [0.1, 0.15) is 55.4 Å². The van der Waals surface area contributed by atoms with Gasteiger partial charge in [0.2, 0.25) is 0 Å². The van der Waals surface area contributed by atoms with Crippen molar-refractivity contribution in [3.8, 4) is 0 Å². The van der Waals surface area contributed by atoms with E-state index in [0.29, 0.717) is 12.0 Å². The molecule has 0 saturated heterocycles. The molecule has 1 fully saturated rings. The third kappa shape index (κ3) is 3.10. The molecular formula is C14H22N2OS. The van der Waals surface area contributed by atoms with Crippen LogP contribution in [0.4, 0.5) is 5.13 Å². The van der Waals surface area contributed by atoms with E-state index in [9.17, 15) is 4.79 Å². The largest absolute Gasteiger partial charge is 0.345 e. The van der Waals surface area contributed by atoms with Gasteiger partial charge < -0.3 is 4.90 Å². The molecule has 1 saturated carbocycles. The molecule has 0 aliphatic heterocycles. The molecule has 1 aliphatic rings. The van der Waals surface area contributed by atoms with E-state index in [4.69, 9.17) is 0 Å². The van der Waals surface area contributed by atoms with Gasteiger partial charge >= 0.3 is 0 Å².